The lowest BCUT2D eigenvalue weighted by Gasteiger charge is -2.13. The first-order valence-corrected chi connectivity index (χ1v) is 4.03. The molecule has 1 aliphatic rings. The standard InChI is InChI=1S/C7H17N3.CH4/c8-4-1-2-7-6(9)3-5-10-7;/h6-7,10H,1-5,8-9H2;1H4. The highest BCUT2D eigenvalue weighted by Crippen LogP contribution is 2.08. The molecule has 0 aromatic rings. The van der Waals surface area contributed by atoms with Gasteiger partial charge in [-0.1, -0.05) is 7.43 Å². The van der Waals surface area contributed by atoms with Gasteiger partial charge in [-0.25, -0.2) is 0 Å². The quantitative estimate of drug-likeness (QED) is 0.545. The molecule has 0 saturated carbocycles. The van der Waals surface area contributed by atoms with Gasteiger partial charge in [0, 0.05) is 12.1 Å². The number of nitrogens with two attached hydrogens (primary N) is 2. The summed E-state index contributed by atoms with van der Waals surface area (Å²) in [5, 5.41) is 3.36. The zero-order valence-corrected chi connectivity index (χ0v) is 6.34. The van der Waals surface area contributed by atoms with E-state index in [9.17, 15) is 0 Å². The van der Waals surface area contributed by atoms with Crippen molar-refractivity contribution in [2.75, 3.05) is 13.1 Å². The van der Waals surface area contributed by atoms with Crippen LogP contribution in [0.25, 0.3) is 0 Å². The first-order valence-electron chi connectivity index (χ1n) is 4.03. The van der Waals surface area contributed by atoms with E-state index in [0.29, 0.717) is 12.1 Å². The number of hydrogen-bond acceptors (Lipinski definition) is 3. The topological polar surface area (TPSA) is 64.1 Å². The van der Waals surface area contributed by atoms with Gasteiger partial charge in [0.05, 0.1) is 0 Å². The molecule has 1 heterocycles. The van der Waals surface area contributed by atoms with Crippen LogP contribution in [-0.2, 0) is 0 Å². The van der Waals surface area contributed by atoms with Crippen molar-refractivity contribution in [2.45, 2.75) is 38.8 Å². The van der Waals surface area contributed by atoms with E-state index >= 15 is 0 Å². The van der Waals surface area contributed by atoms with Gasteiger partial charge < -0.3 is 16.8 Å². The fourth-order valence-electron chi connectivity index (χ4n) is 1.44. The lowest BCUT2D eigenvalue weighted by molar-refractivity contribution is 0.493. The number of rotatable bonds is 3. The van der Waals surface area contributed by atoms with Crippen molar-refractivity contribution < 1.29 is 0 Å². The maximum atomic E-state index is 5.82. The summed E-state index contributed by atoms with van der Waals surface area (Å²) in [6, 6.07) is 0.898. The van der Waals surface area contributed by atoms with E-state index in [2.05, 4.69) is 5.32 Å². The van der Waals surface area contributed by atoms with E-state index in [0.717, 1.165) is 32.4 Å². The third-order valence-electron chi connectivity index (χ3n) is 2.12. The van der Waals surface area contributed by atoms with Crippen molar-refractivity contribution >= 4 is 0 Å². The maximum absolute atomic E-state index is 5.82. The monoisotopic (exact) mass is 159 g/mol. The van der Waals surface area contributed by atoms with Crippen molar-refractivity contribution in [3.8, 4) is 0 Å². The van der Waals surface area contributed by atoms with Crippen LogP contribution >= 0.6 is 0 Å². The van der Waals surface area contributed by atoms with Gasteiger partial charge >= 0.3 is 0 Å². The summed E-state index contributed by atoms with van der Waals surface area (Å²) >= 11 is 0. The minimum Gasteiger partial charge on any atom is -0.330 e. The Kier molecular flexibility index (Phi) is 5.46. The van der Waals surface area contributed by atoms with Crippen LogP contribution < -0.4 is 16.8 Å². The Labute approximate surface area is 69.5 Å². The molecule has 2 unspecified atom stereocenters. The van der Waals surface area contributed by atoms with E-state index in [4.69, 9.17) is 11.5 Å². The Balaban J connectivity index is 0.000001000. The third-order valence-corrected chi connectivity index (χ3v) is 2.12. The second kappa shape index (κ2) is 5.52. The van der Waals surface area contributed by atoms with Crippen LogP contribution in [0.1, 0.15) is 26.7 Å². The molecule has 0 amide bonds. The van der Waals surface area contributed by atoms with Crippen LogP contribution in [0, 0.1) is 0 Å². The second-order valence-corrected chi connectivity index (χ2v) is 2.94. The zero-order chi connectivity index (χ0) is 7.40. The highest BCUT2D eigenvalue weighted by atomic mass is 15.0. The average Bonchev–Trinajstić information content (AvgIpc) is 2.31. The van der Waals surface area contributed by atoms with Crippen molar-refractivity contribution in [1.29, 1.82) is 0 Å². The first kappa shape index (κ1) is 10.9. The molecule has 5 N–H and O–H groups in total. The third kappa shape index (κ3) is 3.18. The fraction of sp³-hybridized carbons (Fsp3) is 1.00. The predicted octanol–water partition coefficient (Wildman–Crippen LogP) is 0.0506. The highest BCUT2D eigenvalue weighted by molar-refractivity contribution is 4.86. The molecule has 11 heavy (non-hydrogen) atoms. The molecule has 0 bridgehead atoms. The van der Waals surface area contributed by atoms with Crippen molar-refractivity contribution in [3.05, 3.63) is 0 Å². The lowest BCUT2D eigenvalue weighted by atomic mass is 10.1. The summed E-state index contributed by atoms with van der Waals surface area (Å²) in [6.45, 7) is 1.86. The first-order chi connectivity index (χ1) is 4.84. The predicted molar refractivity (Wildman–Crippen MR) is 49.4 cm³/mol. The summed E-state index contributed by atoms with van der Waals surface area (Å²) in [7, 11) is 0. The van der Waals surface area contributed by atoms with Gasteiger partial charge in [0.15, 0.2) is 0 Å². The SMILES string of the molecule is C.NCCCC1NCCC1N. The molecule has 1 saturated heterocycles. The molecule has 0 aliphatic carbocycles. The van der Waals surface area contributed by atoms with E-state index in [-0.39, 0.29) is 7.43 Å². The van der Waals surface area contributed by atoms with Gasteiger partial charge in [0.2, 0.25) is 0 Å². The molecule has 1 aliphatic heterocycles. The van der Waals surface area contributed by atoms with Crippen LogP contribution in [0.5, 0.6) is 0 Å². The minimum atomic E-state index is 0. The molecular weight excluding hydrogens is 138 g/mol. The Hall–Kier alpha value is -0.120. The van der Waals surface area contributed by atoms with Crippen LogP contribution in [0.2, 0.25) is 0 Å². The fourth-order valence-corrected chi connectivity index (χ4v) is 1.44. The summed E-state index contributed by atoms with van der Waals surface area (Å²) in [4.78, 5) is 0. The van der Waals surface area contributed by atoms with E-state index in [1.807, 2.05) is 0 Å². The molecule has 0 aromatic heterocycles. The van der Waals surface area contributed by atoms with Crippen LogP contribution in [0.15, 0.2) is 0 Å². The Morgan fingerprint density at radius 1 is 1.45 bits per heavy atom. The summed E-state index contributed by atoms with van der Waals surface area (Å²) in [5.41, 5.74) is 11.2. The van der Waals surface area contributed by atoms with Gasteiger partial charge in [0.1, 0.15) is 0 Å². The van der Waals surface area contributed by atoms with E-state index in [1.165, 1.54) is 0 Å². The molecule has 0 aromatic carbocycles. The summed E-state index contributed by atoms with van der Waals surface area (Å²) in [5.74, 6) is 0. The number of hydrogen-bond donors (Lipinski definition) is 3. The van der Waals surface area contributed by atoms with Crippen molar-refractivity contribution in [3.63, 3.8) is 0 Å². The van der Waals surface area contributed by atoms with Crippen LogP contribution in [-0.4, -0.2) is 25.2 Å². The van der Waals surface area contributed by atoms with Gasteiger partial charge in [-0.15, -0.1) is 0 Å². The van der Waals surface area contributed by atoms with Crippen molar-refractivity contribution in [1.82, 2.24) is 5.32 Å². The lowest BCUT2D eigenvalue weighted by Crippen LogP contribution is -2.36. The smallest absolute Gasteiger partial charge is 0.0220 e. The summed E-state index contributed by atoms with van der Waals surface area (Å²) in [6.07, 6.45) is 3.35. The average molecular weight is 159 g/mol. The van der Waals surface area contributed by atoms with Crippen molar-refractivity contribution in [2.24, 2.45) is 11.5 Å². The normalized spacial score (nSPS) is 30.0. The van der Waals surface area contributed by atoms with E-state index in [1.54, 1.807) is 0 Å². The maximum Gasteiger partial charge on any atom is 0.0220 e. The molecular formula is C8H21N3. The molecule has 3 nitrogen and oxygen atoms in total. The highest BCUT2D eigenvalue weighted by Gasteiger charge is 2.21. The molecule has 0 spiro atoms. The molecule has 2 atom stereocenters. The van der Waals surface area contributed by atoms with Gasteiger partial charge in [-0.2, -0.15) is 0 Å². The van der Waals surface area contributed by atoms with Crippen LogP contribution in [0.3, 0.4) is 0 Å². The Bertz CT molecular complexity index is 95.3. The molecule has 3 heteroatoms. The molecule has 68 valence electrons. The molecule has 1 fully saturated rings. The largest absolute Gasteiger partial charge is 0.330 e. The zero-order valence-electron chi connectivity index (χ0n) is 6.34. The van der Waals surface area contributed by atoms with Gasteiger partial charge in [0.25, 0.3) is 0 Å². The van der Waals surface area contributed by atoms with E-state index < -0.39 is 0 Å². The number of nitrogens with one attached hydrogen (secondary N) is 1. The van der Waals surface area contributed by atoms with Crippen LogP contribution in [0.4, 0.5) is 0 Å². The molecule has 1 rings (SSSR count). The minimum absolute atomic E-state index is 0. The summed E-state index contributed by atoms with van der Waals surface area (Å²) < 4.78 is 0. The Morgan fingerprint density at radius 2 is 2.18 bits per heavy atom. The van der Waals surface area contributed by atoms with Gasteiger partial charge in [-0.3, -0.25) is 0 Å². The Morgan fingerprint density at radius 3 is 2.64 bits per heavy atom. The second-order valence-electron chi connectivity index (χ2n) is 2.94. The van der Waals surface area contributed by atoms with Gasteiger partial charge in [-0.05, 0) is 32.4 Å². The molecule has 0 radical (unpaired) electrons.